The average molecular weight is 260 g/mol. The zero-order valence-electron chi connectivity index (χ0n) is 10.6. The number of aromatic nitrogens is 3. The van der Waals surface area contributed by atoms with E-state index < -0.39 is 0 Å². The van der Waals surface area contributed by atoms with Gasteiger partial charge >= 0.3 is 0 Å². The van der Waals surface area contributed by atoms with Crippen molar-refractivity contribution in [3.8, 4) is 10.7 Å². The number of nitrogens with one attached hydrogen (secondary N) is 1. The first kappa shape index (κ1) is 11.7. The molecule has 0 aliphatic carbocycles. The van der Waals surface area contributed by atoms with E-state index in [4.69, 9.17) is 9.97 Å². The van der Waals surface area contributed by atoms with Gasteiger partial charge in [-0.15, -0.1) is 11.3 Å². The molecule has 1 N–H and O–H groups in total. The van der Waals surface area contributed by atoms with E-state index in [1.165, 1.54) is 17.0 Å². The van der Waals surface area contributed by atoms with Gasteiger partial charge in [-0.05, 0) is 5.92 Å². The third-order valence-corrected chi connectivity index (χ3v) is 3.93. The quantitative estimate of drug-likeness (QED) is 0.900. The van der Waals surface area contributed by atoms with Crippen LogP contribution in [0.5, 0.6) is 0 Å². The van der Waals surface area contributed by atoms with E-state index in [0.717, 1.165) is 30.2 Å². The average Bonchev–Trinajstić information content (AvgIpc) is 2.91. The molecule has 94 valence electrons. The molecule has 1 aliphatic heterocycles. The Hall–Kier alpha value is -1.33. The van der Waals surface area contributed by atoms with Crippen molar-refractivity contribution < 1.29 is 0 Å². The molecular formula is C13H16N4S. The molecule has 3 heterocycles. The molecule has 0 fully saturated rings. The Morgan fingerprint density at radius 2 is 2.22 bits per heavy atom. The van der Waals surface area contributed by atoms with Crippen LogP contribution in [0.3, 0.4) is 0 Å². The smallest absolute Gasteiger partial charge is 0.171 e. The minimum Gasteiger partial charge on any atom is -0.312 e. The van der Waals surface area contributed by atoms with Crippen LogP contribution in [0.1, 0.15) is 36.7 Å². The van der Waals surface area contributed by atoms with Crippen LogP contribution in [-0.2, 0) is 13.0 Å². The van der Waals surface area contributed by atoms with E-state index in [0.29, 0.717) is 5.92 Å². The fraction of sp³-hybridized carbons (Fsp3) is 0.462. The van der Waals surface area contributed by atoms with Crippen molar-refractivity contribution >= 4 is 11.3 Å². The van der Waals surface area contributed by atoms with Gasteiger partial charge in [-0.1, -0.05) is 13.8 Å². The normalized spacial score (nSPS) is 14.8. The summed E-state index contributed by atoms with van der Waals surface area (Å²) < 4.78 is 0. The minimum absolute atomic E-state index is 0.424. The molecular weight excluding hydrogens is 244 g/mol. The summed E-state index contributed by atoms with van der Waals surface area (Å²) >= 11 is 1.60. The molecule has 5 heteroatoms. The number of thiazole rings is 1. The topological polar surface area (TPSA) is 50.7 Å². The summed E-state index contributed by atoms with van der Waals surface area (Å²) in [5, 5.41) is 3.40. The zero-order chi connectivity index (χ0) is 12.5. The van der Waals surface area contributed by atoms with Crippen molar-refractivity contribution in [1.82, 2.24) is 20.3 Å². The lowest BCUT2D eigenvalue weighted by atomic mass is 9.98. The first-order chi connectivity index (χ1) is 8.75. The van der Waals surface area contributed by atoms with Gasteiger partial charge in [-0.25, -0.2) is 9.97 Å². The fourth-order valence-electron chi connectivity index (χ4n) is 2.28. The Kier molecular flexibility index (Phi) is 3.09. The lowest BCUT2D eigenvalue weighted by Crippen LogP contribution is -2.27. The highest BCUT2D eigenvalue weighted by Gasteiger charge is 2.20. The highest BCUT2D eigenvalue weighted by molar-refractivity contribution is 7.13. The lowest BCUT2D eigenvalue weighted by Gasteiger charge is -2.21. The summed E-state index contributed by atoms with van der Waals surface area (Å²) in [6.07, 6.45) is 2.83. The van der Waals surface area contributed by atoms with Gasteiger partial charge in [0.1, 0.15) is 0 Å². The van der Waals surface area contributed by atoms with E-state index in [2.05, 4.69) is 24.1 Å². The van der Waals surface area contributed by atoms with Crippen LogP contribution in [0.4, 0.5) is 0 Å². The molecule has 2 aromatic rings. The number of nitrogens with zero attached hydrogens (tertiary/aromatic N) is 3. The largest absolute Gasteiger partial charge is 0.312 e. The van der Waals surface area contributed by atoms with Gasteiger partial charge < -0.3 is 5.32 Å². The molecule has 0 aromatic carbocycles. The second kappa shape index (κ2) is 4.74. The van der Waals surface area contributed by atoms with Crippen molar-refractivity contribution in [3.05, 3.63) is 28.7 Å². The molecule has 0 bridgehead atoms. The molecule has 0 saturated heterocycles. The Bertz CT molecular complexity index is 548. The van der Waals surface area contributed by atoms with Crippen molar-refractivity contribution in [3.63, 3.8) is 0 Å². The molecule has 0 atom stereocenters. The summed E-state index contributed by atoms with van der Waals surface area (Å²) in [5.74, 6) is 1.26. The van der Waals surface area contributed by atoms with E-state index in [1.54, 1.807) is 11.3 Å². The van der Waals surface area contributed by atoms with E-state index >= 15 is 0 Å². The summed E-state index contributed by atoms with van der Waals surface area (Å²) in [7, 11) is 0. The molecule has 3 rings (SSSR count). The maximum absolute atomic E-state index is 4.75. The van der Waals surface area contributed by atoms with Gasteiger partial charge in [0.2, 0.25) is 0 Å². The Morgan fingerprint density at radius 3 is 2.94 bits per heavy atom. The summed E-state index contributed by atoms with van der Waals surface area (Å²) in [6.45, 7) is 6.27. The van der Waals surface area contributed by atoms with Crippen LogP contribution >= 0.6 is 11.3 Å². The predicted octanol–water partition coefficient (Wildman–Crippen LogP) is 2.37. The molecule has 4 nitrogen and oxygen atoms in total. The molecule has 1 aliphatic rings. The van der Waals surface area contributed by atoms with Gasteiger partial charge in [0.25, 0.3) is 0 Å². The van der Waals surface area contributed by atoms with E-state index in [9.17, 15) is 0 Å². The summed E-state index contributed by atoms with van der Waals surface area (Å²) in [6, 6.07) is 0. The van der Waals surface area contributed by atoms with Crippen LogP contribution in [0.15, 0.2) is 11.7 Å². The van der Waals surface area contributed by atoms with E-state index in [1.807, 2.05) is 11.7 Å². The first-order valence-electron chi connectivity index (χ1n) is 6.25. The number of fused-ring (bicyclic) bond motifs is 1. The molecule has 0 unspecified atom stereocenters. The third kappa shape index (κ3) is 2.04. The highest BCUT2D eigenvalue weighted by atomic mass is 32.1. The summed E-state index contributed by atoms with van der Waals surface area (Å²) in [4.78, 5) is 14.6. The molecule has 0 radical (unpaired) electrons. The van der Waals surface area contributed by atoms with Crippen LogP contribution in [0, 0.1) is 0 Å². The lowest BCUT2D eigenvalue weighted by molar-refractivity contribution is 0.609. The van der Waals surface area contributed by atoms with Gasteiger partial charge in [0.05, 0.1) is 21.8 Å². The number of hydrogen-bond donors (Lipinski definition) is 1. The minimum atomic E-state index is 0.424. The van der Waals surface area contributed by atoms with Gasteiger partial charge in [0, 0.05) is 31.3 Å². The van der Waals surface area contributed by atoms with Gasteiger partial charge in [0.15, 0.2) is 5.82 Å². The van der Waals surface area contributed by atoms with Crippen molar-refractivity contribution in [2.75, 3.05) is 6.54 Å². The Balaban J connectivity index is 2.15. The number of hydrogen-bond acceptors (Lipinski definition) is 5. The second-order valence-electron chi connectivity index (χ2n) is 4.80. The third-order valence-electron chi connectivity index (χ3n) is 3.16. The monoisotopic (exact) mass is 260 g/mol. The maximum Gasteiger partial charge on any atom is 0.171 e. The zero-order valence-corrected chi connectivity index (χ0v) is 11.4. The van der Waals surface area contributed by atoms with Gasteiger partial charge in [-0.3, -0.25) is 4.98 Å². The molecule has 0 saturated carbocycles. The van der Waals surface area contributed by atoms with Gasteiger partial charge in [-0.2, -0.15) is 0 Å². The van der Waals surface area contributed by atoms with Crippen molar-refractivity contribution in [2.24, 2.45) is 0 Å². The maximum atomic E-state index is 4.75. The Labute approximate surface area is 111 Å². The Morgan fingerprint density at radius 1 is 1.33 bits per heavy atom. The van der Waals surface area contributed by atoms with Crippen molar-refractivity contribution in [1.29, 1.82) is 0 Å². The standard InChI is InChI=1S/C13H16N4S/c1-8(2)12-9-5-14-4-3-10(9)16-13(17-12)11-6-15-7-18-11/h6-8,14H,3-5H2,1-2H3. The van der Waals surface area contributed by atoms with Crippen LogP contribution in [0.25, 0.3) is 10.7 Å². The van der Waals surface area contributed by atoms with Crippen LogP contribution in [-0.4, -0.2) is 21.5 Å². The summed E-state index contributed by atoms with van der Waals surface area (Å²) in [5.41, 5.74) is 5.50. The fourth-order valence-corrected chi connectivity index (χ4v) is 2.84. The molecule has 0 amide bonds. The first-order valence-corrected chi connectivity index (χ1v) is 7.13. The van der Waals surface area contributed by atoms with Crippen molar-refractivity contribution in [2.45, 2.75) is 32.7 Å². The molecule has 2 aromatic heterocycles. The molecule has 0 spiro atoms. The number of rotatable bonds is 2. The predicted molar refractivity (Wildman–Crippen MR) is 72.6 cm³/mol. The van der Waals surface area contributed by atoms with Crippen LogP contribution < -0.4 is 5.32 Å². The van der Waals surface area contributed by atoms with E-state index in [-0.39, 0.29) is 0 Å². The van der Waals surface area contributed by atoms with Crippen LogP contribution in [0.2, 0.25) is 0 Å². The second-order valence-corrected chi connectivity index (χ2v) is 5.69. The SMILES string of the molecule is CC(C)c1nc(-c2cncs2)nc2c1CNCC2. The molecule has 18 heavy (non-hydrogen) atoms. The highest BCUT2D eigenvalue weighted by Crippen LogP contribution is 2.27.